The fraction of sp³-hybridized carbons (Fsp3) is 0.296. The lowest BCUT2D eigenvalue weighted by atomic mass is 9.94. The molecule has 3 heterocycles. The van der Waals surface area contributed by atoms with Gasteiger partial charge in [0, 0.05) is 18.9 Å². The maximum atomic E-state index is 13.3. The third-order valence-corrected chi connectivity index (χ3v) is 5.73. The summed E-state index contributed by atoms with van der Waals surface area (Å²) < 4.78 is 17.0. The summed E-state index contributed by atoms with van der Waals surface area (Å²) in [5.41, 5.74) is 1.38. The van der Waals surface area contributed by atoms with Gasteiger partial charge in [-0.1, -0.05) is 19.4 Å². The lowest BCUT2D eigenvalue weighted by Crippen LogP contribution is -2.30. The average molecular weight is 477 g/mol. The van der Waals surface area contributed by atoms with Crippen LogP contribution in [0.15, 0.2) is 76.9 Å². The van der Waals surface area contributed by atoms with Crippen molar-refractivity contribution in [1.29, 1.82) is 0 Å². The zero-order valence-corrected chi connectivity index (χ0v) is 19.8. The summed E-state index contributed by atoms with van der Waals surface area (Å²) in [6, 6.07) is 11.1. The number of pyridine rings is 1. The summed E-state index contributed by atoms with van der Waals surface area (Å²) >= 11 is 0. The van der Waals surface area contributed by atoms with Gasteiger partial charge in [-0.25, -0.2) is 0 Å². The number of ether oxygens (including phenoxy) is 2. The Kier molecular flexibility index (Phi) is 7.50. The molecule has 3 aromatic rings. The first-order chi connectivity index (χ1) is 17.0. The van der Waals surface area contributed by atoms with Crippen LogP contribution in [0.4, 0.5) is 0 Å². The second kappa shape index (κ2) is 10.9. The number of aliphatic hydroxyl groups is 1. The maximum absolute atomic E-state index is 13.3. The first-order valence-corrected chi connectivity index (χ1v) is 11.7. The smallest absolute Gasteiger partial charge is 0.290 e. The topological polar surface area (TPSA) is 102 Å². The van der Waals surface area contributed by atoms with Gasteiger partial charge in [0.1, 0.15) is 0 Å². The van der Waals surface area contributed by atoms with E-state index in [0.29, 0.717) is 30.3 Å². The number of nitrogens with zero attached hydrogens (tertiary/aromatic N) is 2. The molecule has 0 radical (unpaired) electrons. The molecular weight excluding hydrogens is 448 g/mol. The van der Waals surface area contributed by atoms with Gasteiger partial charge in [0.2, 0.25) is 5.78 Å². The van der Waals surface area contributed by atoms with Gasteiger partial charge < -0.3 is 23.9 Å². The number of carbonyl (C=O) groups is 2. The van der Waals surface area contributed by atoms with E-state index in [1.165, 1.54) is 17.2 Å². The second-order valence-electron chi connectivity index (χ2n) is 8.10. The van der Waals surface area contributed by atoms with E-state index in [0.717, 1.165) is 18.4 Å². The van der Waals surface area contributed by atoms with Crippen molar-refractivity contribution < 1.29 is 28.6 Å². The number of hydrogen-bond acceptors (Lipinski definition) is 7. The largest absolute Gasteiger partial charge is 0.503 e. The van der Waals surface area contributed by atoms with E-state index in [4.69, 9.17) is 13.9 Å². The predicted molar refractivity (Wildman–Crippen MR) is 128 cm³/mol. The number of benzene rings is 1. The van der Waals surface area contributed by atoms with Crippen LogP contribution in [-0.2, 0) is 11.3 Å². The summed E-state index contributed by atoms with van der Waals surface area (Å²) in [5, 5.41) is 10.8. The van der Waals surface area contributed by atoms with Crippen LogP contribution in [0, 0.1) is 0 Å². The minimum atomic E-state index is -0.850. The molecule has 1 unspecified atom stereocenters. The van der Waals surface area contributed by atoms with E-state index in [-0.39, 0.29) is 17.9 Å². The van der Waals surface area contributed by atoms with Crippen LogP contribution in [0.5, 0.6) is 11.5 Å². The van der Waals surface area contributed by atoms with Crippen LogP contribution in [-0.4, -0.2) is 39.9 Å². The normalized spacial score (nSPS) is 15.5. The van der Waals surface area contributed by atoms with E-state index in [1.807, 2.05) is 6.92 Å². The minimum Gasteiger partial charge on any atom is -0.503 e. The van der Waals surface area contributed by atoms with Gasteiger partial charge in [0.15, 0.2) is 23.0 Å². The predicted octanol–water partition coefficient (Wildman–Crippen LogP) is 5.03. The van der Waals surface area contributed by atoms with Crippen LogP contribution in [0.1, 0.15) is 54.4 Å². The standard InChI is InChI=1S/C27H28N2O6/c1-3-5-14-34-20-9-8-19(16-22(20)33-4-2)24-23(25(30)21-7-6-15-35-21)26(31)27(32)29(24)17-18-10-12-28-13-11-18/h6-13,15-16,24,31H,3-5,14,17H2,1-2H3. The van der Waals surface area contributed by atoms with E-state index < -0.39 is 23.5 Å². The van der Waals surface area contributed by atoms with Crippen molar-refractivity contribution in [3.05, 3.63) is 89.3 Å². The number of unbranched alkanes of at least 4 members (excludes halogenated alkanes) is 1. The Labute approximate surface area is 203 Å². The number of furan rings is 1. The van der Waals surface area contributed by atoms with Crippen LogP contribution >= 0.6 is 0 Å². The highest BCUT2D eigenvalue weighted by Gasteiger charge is 2.44. The third-order valence-electron chi connectivity index (χ3n) is 5.73. The van der Waals surface area contributed by atoms with Gasteiger partial charge in [0.05, 0.1) is 31.1 Å². The van der Waals surface area contributed by atoms with E-state index in [1.54, 1.807) is 48.8 Å². The first kappa shape index (κ1) is 24.1. The molecule has 0 saturated carbocycles. The Morgan fingerprint density at radius 2 is 1.91 bits per heavy atom. The molecule has 0 bridgehead atoms. The van der Waals surface area contributed by atoms with E-state index >= 15 is 0 Å². The second-order valence-corrected chi connectivity index (χ2v) is 8.10. The highest BCUT2D eigenvalue weighted by Crippen LogP contribution is 2.42. The molecule has 0 fully saturated rings. The van der Waals surface area contributed by atoms with Crippen LogP contribution in [0.3, 0.4) is 0 Å². The number of carbonyl (C=O) groups excluding carboxylic acids is 2. The molecule has 8 nitrogen and oxygen atoms in total. The number of aliphatic hydroxyl groups excluding tert-OH is 1. The Morgan fingerprint density at radius 3 is 2.60 bits per heavy atom. The number of hydrogen-bond donors (Lipinski definition) is 1. The molecule has 182 valence electrons. The molecule has 8 heteroatoms. The Hall–Kier alpha value is -4.07. The van der Waals surface area contributed by atoms with E-state index in [2.05, 4.69) is 11.9 Å². The van der Waals surface area contributed by atoms with Gasteiger partial charge >= 0.3 is 0 Å². The monoisotopic (exact) mass is 476 g/mol. The molecule has 1 N–H and O–H groups in total. The Morgan fingerprint density at radius 1 is 1.11 bits per heavy atom. The highest BCUT2D eigenvalue weighted by molar-refractivity contribution is 6.15. The summed E-state index contributed by atoms with van der Waals surface area (Å²) in [4.78, 5) is 32.0. The number of Topliss-reactive ketones (excluding diaryl/α,β-unsaturated/α-hetero) is 1. The maximum Gasteiger partial charge on any atom is 0.290 e. The molecule has 1 amide bonds. The van der Waals surface area contributed by atoms with Crippen molar-refractivity contribution in [1.82, 2.24) is 9.88 Å². The van der Waals surface area contributed by atoms with Crippen LogP contribution in [0.2, 0.25) is 0 Å². The Balaban J connectivity index is 1.77. The molecular formula is C27H28N2O6. The van der Waals surface area contributed by atoms with E-state index in [9.17, 15) is 14.7 Å². The number of aromatic nitrogens is 1. The van der Waals surface area contributed by atoms with Crippen LogP contribution < -0.4 is 9.47 Å². The third kappa shape index (κ3) is 5.06. The Bertz CT molecular complexity index is 1200. The van der Waals surface area contributed by atoms with Gasteiger partial charge in [-0.15, -0.1) is 0 Å². The first-order valence-electron chi connectivity index (χ1n) is 11.7. The molecule has 35 heavy (non-hydrogen) atoms. The quantitative estimate of drug-likeness (QED) is 0.306. The number of amides is 1. The summed E-state index contributed by atoms with van der Waals surface area (Å²) in [7, 11) is 0. The SMILES string of the molecule is CCCCOc1ccc(C2C(C(=O)c3ccco3)=C(O)C(=O)N2Cc2ccncc2)cc1OCC. The summed E-state index contributed by atoms with van der Waals surface area (Å²) in [6.07, 6.45) is 6.54. The molecule has 0 aliphatic carbocycles. The summed E-state index contributed by atoms with van der Waals surface area (Å²) in [5.74, 6) is -0.645. The van der Waals surface area contributed by atoms with Crippen molar-refractivity contribution in [3.8, 4) is 11.5 Å². The van der Waals surface area contributed by atoms with Gasteiger partial charge in [-0.3, -0.25) is 14.6 Å². The molecule has 0 saturated heterocycles. The minimum absolute atomic E-state index is 0.0406. The van der Waals surface area contributed by atoms with Crippen molar-refractivity contribution in [3.63, 3.8) is 0 Å². The molecule has 1 aliphatic rings. The zero-order valence-electron chi connectivity index (χ0n) is 19.8. The van der Waals surface area contributed by atoms with Gasteiger partial charge in [-0.05, 0) is 60.9 Å². The fourth-order valence-corrected chi connectivity index (χ4v) is 4.03. The van der Waals surface area contributed by atoms with Crippen molar-refractivity contribution in [2.24, 2.45) is 0 Å². The lowest BCUT2D eigenvalue weighted by Gasteiger charge is -2.27. The van der Waals surface area contributed by atoms with Crippen molar-refractivity contribution in [2.75, 3.05) is 13.2 Å². The number of ketones is 1. The van der Waals surface area contributed by atoms with Gasteiger partial charge in [0.25, 0.3) is 5.91 Å². The summed E-state index contributed by atoms with van der Waals surface area (Å²) in [6.45, 7) is 5.09. The van der Waals surface area contributed by atoms with Crippen LogP contribution in [0.25, 0.3) is 0 Å². The average Bonchev–Trinajstić information content (AvgIpc) is 3.49. The molecule has 4 rings (SSSR count). The molecule has 1 aromatic carbocycles. The zero-order chi connectivity index (χ0) is 24.8. The van der Waals surface area contributed by atoms with Crippen molar-refractivity contribution in [2.45, 2.75) is 39.3 Å². The van der Waals surface area contributed by atoms with Crippen molar-refractivity contribution >= 4 is 11.7 Å². The lowest BCUT2D eigenvalue weighted by molar-refractivity contribution is -0.130. The van der Waals surface area contributed by atoms with Gasteiger partial charge in [-0.2, -0.15) is 0 Å². The molecule has 1 atom stereocenters. The highest BCUT2D eigenvalue weighted by atomic mass is 16.5. The molecule has 2 aromatic heterocycles. The number of rotatable bonds is 11. The fourth-order valence-electron chi connectivity index (χ4n) is 4.03. The molecule has 0 spiro atoms. The molecule has 1 aliphatic heterocycles.